The molecule has 142 valence electrons. The van der Waals surface area contributed by atoms with E-state index in [4.69, 9.17) is 27.6 Å². The number of hydrogen-bond donors (Lipinski definition) is 1. The molecule has 1 N–H and O–H groups in total. The number of furan rings is 1. The van der Waals surface area contributed by atoms with Crippen LogP contribution in [0.3, 0.4) is 0 Å². The average molecular weight is 409 g/mol. The number of halogens is 2. The molecular weight excluding hydrogens is 391 g/mol. The van der Waals surface area contributed by atoms with Crippen LogP contribution in [0.1, 0.15) is 17.7 Å². The van der Waals surface area contributed by atoms with Gasteiger partial charge in [0.15, 0.2) is 0 Å². The van der Waals surface area contributed by atoms with Gasteiger partial charge in [-0.15, -0.1) is 0 Å². The van der Waals surface area contributed by atoms with E-state index < -0.39 is 23.5 Å². The molecule has 1 aromatic carbocycles. The number of amides is 2. The fourth-order valence-electron chi connectivity index (χ4n) is 2.94. The second-order valence-electron chi connectivity index (χ2n) is 6.32. The number of hydrogen-bond acceptors (Lipinski definition) is 4. The van der Waals surface area contributed by atoms with Gasteiger partial charge in [0, 0.05) is 13.1 Å². The van der Waals surface area contributed by atoms with Gasteiger partial charge in [0.05, 0.1) is 22.9 Å². The molecule has 1 fully saturated rings. The van der Waals surface area contributed by atoms with Crippen molar-refractivity contribution in [1.29, 1.82) is 0 Å². The maximum atomic E-state index is 12.3. The summed E-state index contributed by atoms with van der Waals surface area (Å²) in [5.74, 6) is -2.16. The highest BCUT2D eigenvalue weighted by atomic mass is 35.5. The molecule has 2 amide bonds. The smallest absolute Gasteiger partial charge is 0.291 e. The van der Waals surface area contributed by atoms with Crippen molar-refractivity contribution in [3.63, 3.8) is 0 Å². The van der Waals surface area contributed by atoms with E-state index in [1.165, 1.54) is 11.2 Å². The lowest BCUT2D eigenvalue weighted by atomic mass is 10.1. The molecule has 0 saturated carbocycles. The molecule has 6 nitrogen and oxygen atoms in total. The topological polar surface area (TPSA) is 79.6 Å². The van der Waals surface area contributed by atoms with Crippen molar-refractivity contribution in [3.8, 4) is 0 Å². The van der Waals surface area contributed by atoms with Gasteiger partial charge in [-0.2, -0.15) is 0 Å². The number of carbonyl (C=O) groups excluding carboxylic acids is 3. The molecule has 1 aliphatic heterocycles. The summed E-state index contributed by atoms with van der Waals surface area (Å²) < 4.78 is 5.19. The van der Waals surface area contributed by atoms with E-state index in [0.29, 0.717) is 35.2 Å². The van der Waals surface area contributed by atoms with Crippen molar-refractivity contribution in [2.75, 3.05) is 13.1 Å². The van der Waals surface area contributed by atoms with Gasteiger partial charge in [0.1, 0.15) is 11.7 Å². The highest BCUT2D eigenvalue weighted by Crippen LogP contribution is 2.23. The Morgan fingerprint density at radius 3 is 2.74 bits per heavy atom. The lowest BCUT2D eigenvalue weighted by molar-refractivity contribution is -0.142. The highest BCUT2D eigenvalue weighted by molar-refractivity contribution is 6.42. The number of ketones is 1. The lowest BCUT2D eigenvalue weighted by Gasteiger charge is -2.13. The SMILES string of the molecule is O=C(NCCCc1ccc(Cl)c(Cl)c1)C1CN(Cc2ccco2)C(=O)C1=O. The number of benzene rings is 1. The predicted octanol–water partition coefficient (Wildman–Crippen LogP) is 2.86. The summed E-state index contributed by atoms with van der Waals surface area (Å²) in [6.45, 7) is 0.644. The van der Waals surface area contributed by atoms with Crippen LogP contribution in [0.4, 0.5) is 0 Å². The van der Waals surface area contributed by atoms with E-state index in [2.05, 4.69) is 5.32 Å². The van der Waals surface area contributed by atoms with Crippen LogP contribution in [0.5, 0.6) is 0 Å². The Morgan fingerprint density at radius 2 is 2.04 bits per heavy atom. The van der Waals surface area contributed by atoms with Crippen LogP contribution in [-0.2, 0) is 27.3 Å². The molecule has 3 rings (SSSR count). The number of Topliss-reactive ketones (excluding diaryl/α,β-unsaturated/α-hetero) is 1. The summed E-state index contributed by atoms with van der Waals surface area (Å²) >= 11 is 11.9. The van der Waals surface area contributed by atoms with Gasteiger partial charge in [-0.3, -0.25) is 14.4 Å². The summed E-state index contributed by atoms with van der Waals surface area (Å²) in [5, 5.41) is 3.72. The van der Waals surface area contributed by atoms with E-state index in [-0.39, 0.29) is 13.1 Å². The van der Waals surface area contributed by atoms with Crippen LogP contribution in [-0.4, -0.2) is 35.6 Å². The molecule has 1 aliphatic rings. The summed E-state index contributed by atoms with van der Waals surface area (Å²) in [5.41, 5.74) is 1.01. The number of carbonyl (C=O) groups is 3. The van der Waals surface area contributed by atoms with Crippen LogP contribution in [0.2, 0.25) is 10.0 Å². The lowest BCUT2D eigenvalue weighted by Crippen LogP contribution is -2.36. The summed E-state index contributed by atoms with van der Waals surface area (Å²) in [6, 6.07) is 8.82. The highest BCUT2D eigenvalue weighted by Gasteiger charge is 2.43. The van der Waals surface area contributed by atoms with Gasteiger partial charge < -0.3 is 14.6 Å². The van der Waals surface area contributed by atoms with Crippen molar-refractivity contribution in [3.05, 3.63) is 58.0 Å². The van der Waals surface area contributed by atoms with Gasteiger partial charge >= 0.3 is 0 Å². The summed E-state index contributed by atoms with van der Waals surface area (Å²) in [6.07, 6.45) is 2.88. The van der Waals surface area contributed by atoms with Gasteiger partial charge in [0.2, 0.25) is 11.7 Å². The molecule has 0 spiro atoms. The van der Waals surface area contributed by atoms with Crippen molar-refractivity contribution >= 4 is 40.8 Å². The molecule has 0 bridgehead atoms. The van der Waals surface area contributed by atoms with Crippen molar-refractivity contribution in [2.24, 2.45) is 5.92 Å². The molecule has 8 heteroatoms. The minimum atomic E-state index is -0.975. The Bertz CT molecular complexity index is 851. The minimum absolute atomic E-state index is 0.0665. The fraction of sp³-hybridized carbons (Fsp3) is 0.316. The van der Waals surface area contributed by atoms with Crippen LogP contribution in [0.15, 0.2) is 41.0 Å². The van der Waals surface area contributed by atoms with Gasteiger partial charge in [-0.1, -0.05) is 29.3 Å². The van der Waals surface area contributed by atoms with E-state index >= 15 is 0 Å². The zero-order valence-corrected chi connectivity index (χ0v) is 15.9. The van der Waals surface area contributed by atoms with Gasteiger partial charge in [0.25, 0.3) is 5.91 Å². The Hall–Kier alpha value is -2.31. The third-order valence-corrected chi connectivity index (χ3v) is 5.13. The molecule has 1 unspecified atom stereocenters. The molecule has 0 radical (unpaired) electrons. The Labute approximate surface area is 166 Å². The third kappa shape index (κ3) is 4.70. The first-order valence-corrected chi connectivity index (χ1v) is 9.28. The monoisotopic (exact) mass is 408 g/mol. The van der Waals surface area contributed by atoms with Gasteiger partial charge in [-0.25, -0.2) is 0 Å². The Kier molecular flexibility index (Phi) is 6.19. The quantitative estimate of drug-likeness (QED) is 0.433. The number of rotatable bonds is 7. The minimum Gasteiger partial charge on any atom is -0.467 e. The van der Waals surface area contributed by atoms with E-state index in [9.17, 15) is 14.4 Å². The first kappa shape index (κ1) is 19.5. The standard InChI is InChI=1S/C19H18Cl2N2O4/c20-15-6-5-12(9-16(15)21)3-1-7-22-18(25)14-11-23(19(26)17(14)24)10-13-4-2-8-27-13/h2,4-6,8-9,14H,1,3,7,10-11H2,(H,22,25). The van der Waals surface area contributed by atoms with Crippen LogP contribution in [0.25, 0.3) is 0 Å². The van der Waals surface area contributed by atoms with Crippen molar-refractivity contribution in [2.45, 2.75) is 19.4 Å². The molecule has 0 aliphatic carbocycles. The number of nitrogens with one attached hydrogen (secondary N) is 1. The summed E-state index contributed by atoms with van der Waals surface area (Å²) in [4.78, 5) is 37.8. The molecule has 2 heterocycles. The van der Waals surface area contributed by atoms with E-state index in [0.717, 1.165) is 5.56 Å². The molecule has 1 aromatic heterocycles. The normalized spacial score (nSPS) is 16.8. The second-order valence-corrected chi connectivity index (χ2v) is 7.14. The zero-order chi connectivity index (χ0) is 19.4. The maximum Gasteiger partial charge on any atom is 0.291 e. The fourth-order valence-corrected chi connectivity index (χ4v) is 3.26. The predicted molar refractivity (Wildman–Crippen MR) is 100 cm³/mol. The maximum absolute atomic E-state index is 12.3. The molecular formula is C19H18Cl2N2O4. The van der Waals surface area contributed by atoms with Gasteiger partial charge in [-0.05, 0) is 42.7 Å². The number of nitrogens with zero attached hydrogens (tertiary/aromatic N) is 1. The first-order chi connectivity index (χ1) is 13.0. The molecule has 27 heavy (non-hydrogen) atoms. The van der Waals surface area contributed by atoms with E-state index in [1.807, 2.05) is 6.07 Å². The van der Waals surface area contributed by atoms with Crippen molar-refractivity contribution < 1.29 is 18.8 Å². The molecule has 1 atom stereocenters. The van der Waals surface area contributed by atoms with E-state index in [1.54, 1.807) is 24.3 Å². The van der Waals surface area contributed by atoms with Crippen LogP contribution >= 0.6 is 23.2 Å². The summed E-state index contributed by atoms with van der Waals surface area (Å²) in [7, 11) is 0. The Balaban J connectivity index is 1.46. The van der Waals surface area contributed by atoms with Crippen molar-refractivity contribution in [1.82, 2.24) is 10.2 Å². The second kappa shape index (κ2) is 8.59. The number of likely N-dealkylation sites (tertiary alicyclic amines) is 1. The zero-order valence-electron chi connectivity index (χ0n) is 14.4. The van der Waals surface area contributed by atoms with Crippen LogP contribution < -0.4 is 5.32 Å². The average Bonchev–Trinajstić information content (AvgIpc) is 3.25. The van der Waals surface area contributed by atoms with Crippen LogP contribution in [0, 0.1) is 5.92 Å². The third-order valence-electron chi connectivity index (χ3n) is 4.39. The Morgan fingerprint density at radius 1 is 1.22 bits per heavy atom. The molecule has 2 aromatic rings. The first-order valence-electron chi connectivity index (χ1n) is 8.53. The molecule has 1 saturated heterocycles. The largest absolute Gasteiger partial charge is 0.467 e. The number of aryl methyl sites for hydroxylation is 1.